The van der Waals surface area contributed by atoms with Crippen LogP contribution in [0.15, 0.2) is 47.3 Å². The molecule has 0 saturated heterocycles. The fraction of sp³-hybridized carbons (Fsp3) is 0.538. The Hall–Kier alpha value is -5.20. The molecule has 12 heteroatoms. The lowest BCUT2D eigenvalue weighted by molar-refractivity contribution is -0.121. The molecule has 3 amide bonds. The molecule has 2 aromatic carbocycles. The predicted molar refractivity (Wildman–Crippen MR) is 258 cm³/mol. The lowest BCUT2D eigenvalue weighted by Crippen LogP contribution is -2.40. The van der Waals surface area contributed by atoms with Gasteiger partial charge < -0.3 is 40.2 Å². The number of primary amides is 1. The van der Waals surface area contributed by atoms with Crippen molar-refractivity contribution in [1.29, 1.82) is 0 Å². The number of rotatable bonds is 16. The van der Waals surface area contributed by atoms with E-state index >= 15 is 0 Å². The minimum absolute atomic E-state index is 0.0140. The van der Waals surface area contributed by atoms with E-state index in [9.17, 15) is 24.0 Å². The van der Waals surface area contributed by atoms with Crippen LogP contribution >= 0.6 is 0 Å². The molecule has 1 aliphatic heterocycles. The van der Waals surface area contributed by atoms with Gasteiger partial charge in [0.2, 0.25) is 5.91 Å². The summed E-state index contributed by atoms with van der Waals surface area (Å²) in [6, 6.07) is 14.3. The molecular formula is C52H74N6O6. The van der Waals surface area contributed by atoms with Crippen LogP contribution in [0.3, 0.4) is 0 Å². The molecule has 3 atom stereocenters. The first-order valence-electron chi connectivity index (χ1n) is 23.4. The number of carbonyl (C=O) groups is 4. The second-order valence-corrected chi connectivity index (χ2v) is 17.6. The quantitative estimate of drug-likeness (QED) is 0.0653. The molecule has 1 saturated carbocycles. The fourth-order valence-corrected chi connectivity index (χ4v) is 9.42. The number of nitrogens with one attached hydrogen (secondary N) is 2. The second-order valence-electron chi connectivity index (χ2n) is 17.6. The summed E-state index contributed by atoms with van der Waals surface area (Å²) in [7, 11) is 5.93. The van der Waals surface area contributed by atoms with Crippen molar-refractivity contribution in [2.24, 2.45) is 11.1 Å². The highest BCUT2D eigenvalue weighted by Crippen LogP contribution is 2.47. The van der Waals surface area contributed by atoms with Crippen LogP contribution in [0.2, 0.25) is 0 Å². The molecule has 0 bridgehead atoms. The highest BCUT2D eigenvalue weighted by Gasteiger charge is 2.37. The second kappa shape index (κ2) is 24.2. The van der Waals surface area contributed by atoms with Gasteiger partial charge in [-0.1, -0.05) is 76.9 Å². The van der Waals surface area contributed by atoms with Crippen molar-refractivity contribution < 1.29 is 23.9 Å². The maximum absolute atomic E-state index is 13.9. The average Bonchev–Trinajstić information content (AvgIpc) is 3.65. The number of carbonyl (C=O) groups excluding carboxylic acids is 4. The maximum atomic E-state index is 13.9. The summed E-state index contributed by atoms with van der Waals surface area (Å²) in [4.78, 5) is 65.5. The molecule has 4 aromatic rings. The minimum Gasteiger partial charge on any atom is -0.380 e. The molecule has 0 spiro atoms. The van der Waals surface area contributed by atoms with E-state index in [4.69, 9.17) is 15.5 Å². The molecule has 12 nitrogen and oxygen atoms in total. The third-order valence-corrected chi connectivity index (χ3v) is 13.3. The monoisotopic (exact) mass is 879 g/mol. The Kier molecular flexibility index (Phi) is 19.4. The number of amides is 3. The number of nitrogens with zero attached hydrogens (tertiary/aromatic N) is 3. The van der Waals surface area contributed by atoms with E-state index in [1.807, 2.05) is 36.6 Å². The standard InChI is InChI=1S/C32H41N3O3.C11H19N3O3.C7H8.C2H6/c1-8-18(3)22-14-26-29-21(19(22)4)10-11-27(34(5)6)30(29)24-16-35-28(31(24)33-26)15-23(20(9-2)12-13-36)25(17-38-7)32(35)37;12-10(17)14-7-9(16)13-6-2-5-11(8-15)3-1-4-11;1-7-5-3-2-4-6-7;1-2/h13-15,18,20,27H,8-12,16-17H2,1-7H3;8H,1-7H2,(H,13,16)(H3,12,14,17);2-6H,1H3;1-2H3. The number of ether oxygens (including phenoxy) is 1. The number of fused-ring (bicyclic) bond motifs is 4. The zero-order valence-electron chi connectivity index (χ0n) is 40.2. The molecule has 0 radical (unpaired) electrons. The van der Waals surface area contributed by atoms with Crippen LogP contribution in [0.4, 0.5) is 4.79 Å². The van der Waals surface area contributed by atoms with Crippen LogP contribution in [0.25, 0.3) is 22.3 Å². The minimum atomic E-state index is -0.713. The molecule has 64 heavy (non-hydrogen) atoms. The van der Waals surface area contributed by atoms with Crippen molar-refractivity contribution in [3.63, 3.8) is 0 Å². The number of nitrogens with two attached hydrogens (primary N) is 1. The van der Waals surface area contributed by atoms with Crippen molar-refractivity contribution in [3.05, 3.63) is 97.3 Å². The summed E-state index contributed by atoms with van der Waals surface area (Å²) >= 11 is 0. The molecule has 348 valence electrons. The van der Waals surface area contributed by atoms with Gasteiger partial charge in [-0.25, -0.2) is 9.78 Å². The van der Waals surface area contributed by atoms with Crippen LogP contribution in [0.1, 0.15) is 155 Å². The van der Waals surface area contributed by atoms with E-state index in [1.165, 1.54) is 38.8 Å². The number of hydrogen-bond acceptors (Lipinski definition) is 8. The van der Waals surface area contributed by atoms with Crippen LogP contribution in [0, 0.1) is 19.3 Å². The van der Waals surface area contributed by atoms with E-state index in [1.54, 1.807) is 7.11 Å². The Morgan fingerprint density at radius 2 is 1.73 bits per heavy atom. The van der Waals surface area contributed by atoms with Gasteiger partial charge in [-0.3, -0.25) is 9.59 Å². The average molecular weight is 879 g/mol. The van der Waals surface area contributed by atoms with Crippen molar-refractivity contribution in [2.75, 3.05) is 34.3 Å². The zero-order chi connectivity index (χ0) is 47.1. The number of hydrogen-bond donors (Lipinski definition) is 3. The summed E-state index contributed by atoms with van der Waals surface area (Å²) in [6.07, 6.45) is 11.0. The van der Waals surface area contributed by atoms with Crippen LogP contribution in [0.5, 0.6) is 0 Å². The summed E-state index contributed by atoms with van der Waals surface area (Å²) in [5.74, 6) is 0.185. The molecule has 7 rings (SSSR count). The number of aldehydes is 2. The molecule has 1 fully saturated rings. The van der Waals surface area contributed by atoms with Gasteiger partial charge in [0.1, 0.15) is 12.6 Å². The number of methoxy groups -OCH3 is 1. The van der Waals surface area contributed by atoms with E-state index in [0.29, 0.717) is 31.0 Å². The van der Waals surface area contributed by atoms with Crippen LogP contribution < -0.4 is 21.9 Å². The number of aryl methyl sites for hydroxylation is 2. The third kappa shape index (κ3) is 11.9. The lowest BCUT2D eigenvalue weighted by Gasteiger charge is -2.36. The van der Waals surface area contributed by atoms with Gasteiger partial charge >= 0.3 is 6.03 Å². The van der Waals surface area contributed by atoms with Gasteiger partial charge in [-0.2, -0.15) is 0 Å². The first kappa shape index (κ1) is 51.4. The zero-order valence-corrected chi connectivity index (χ0v) is 40.2. The molecule has 4 N–H and O–H groups in total. The van der Waals surface area contributed by atoms with Crippen molar-refractivity contribution >= 4 is 35.4 Å². The summed E-state index contributed by atoms with van der Waals surface area (Å²) in [6.45, 7) is 16.2. The number of pyridine rings is 2. The highest BCUT2D eigenvalue weighted by molar-refractivity contribution is 5.93. The van der Waals surface area contributed by atoms with E-state index in [-0.39, 0.29) is 42.0 Å². The molecule has 2 aliphatic carbocycles. The molecular weight excluding hydrogens is 805 g/mol. The molecule has 2 aromatic heterocycles. The topological polar surface area (TPSA) is 166 Å². The maximum Gasteiger partial charge on any atom is 0.312 e. The number of aromatic nitrogens is 2. The Balaban J connectivity index is 0.000000284. The van der Waals surface area contributed by atoms with E-state index in [0.717, 1.165) is 92.8 Å². The van der Waals surface area contributed by atoms with Crippen molar-refractivity contribution in [3.8, 4) is 11.4 Å². The van der Waals surface area contributed by atoms with Gasteiger partial charge in [0.05, 0.1) is 36.6 Å². The van der Waals surface area contributed by atoms with Gasteiger partial charge in [-0.05, 0) is 131 Å². The summed E-state index contributed by atoms with van der Waals surface area (Å²) in [5.41, 5.74) is 17.2. The van der Waals surface area contributed by atoms with E-state index in [2.05, 4.69) is 88.5 Å². The van der Waals surface area contributed by atoms with Crippen LogP contribution in [-0.4, -0.2) is 73.3 Å². The summed E-state index contributed by atoms with van der Waals surface area (Å²) < 4.78 is 7.37. The molecule has 3 unspecified atom stereocenters. The van der Waals surface area contributed by atoms with Gasteiger partial charge in [0.15, 0.2) is 0 Å². The Labute approximate surface area is 381 Å². The first-order valence-corrected chi connectivity index (χ1v) is 23.4. The van der Waals surface area contributed by atoms with Crippen molar-refractivity contribution in [2.45, 2.75) is 144 Å². The first-order chi connectivity index (χ1) is 30.7. The fourth-order valence-electron chi connectivity index (χ4n) is 9.42. The number of benzene rings is 2. The Morgan fingerprint density at radius 1 is 1.03 bits per heavy atom. The van der Waals surface area contributed by atoms with Crippen molar-refractivity contribution in [1.82, 2.24) is 25.1 Å². The summed E-state index contributed by atoms with van der Waals surface area (Å²) in [5, 5.41) is 6.16. The van der Waals surface area contributed by atoms with Gasteiger partial charge in [-0.15, -0.1) is 0 Å². The van der Waals surface area contributed by atoms with Crippen LogP contribution in [-0.2, 0) is 38.7 Å². The largest absolute Gasteiger partial charge is 0.380 e. The Bertz CT molecular complexity index is 2280. The van der Waals surface area contributed by atoms with Gasteiger partial charge in [0.25, 0.3) is 5.56 Å². The highest BCUT2D eigenvalue weighted by atomic mass is 16.5. The third-order valence-electron chi connectivity index (χ3n) is 13.3. The molecule has 3 heterocycles. The van der Waals surface area contributed by atoms with Gasteiger partial charge in [0, 0.05) is 48.0 Å². The lowest BCUT2D eigenvalue weighted by atomic mass is 9.67. The molecule has 3 aliphatic rings. The predicted octanol–water partition coefficient (Wildman–Crippen LogP) is 8.97. The van der Waals surface area contributed by atoms with E-state index < -0.39 is 6.03 Å². The normalized spacial score (nSPS) is 15.9. The SMILES string of the molecule is CC.CCC(C)c1cc2nc3c(c4c2c(c1C)CCC4N(C)C)Cn1c-3cc(C(CC)CC=O)c(COC)c1=O.Cc1ccccc1.NC(=O)NCC(=O)NCCCC1(C=O)CCC1. The number of urea groups is 1. The smallest absolute Gasteiger partial charge is 0.312 e. The Morgan fingerprint density at radius 3 is 2.27 bits per heavy atom.